The third-order valence-electron chi connectivity index (χ3n) is 4.74. The van der Waals surface area contributed by atoms with Gasteiger partial charge in [-0.25, -0.2) is 19.1 Å². The van der Waals surface area contributed by atoms with E-state index in [4.69, 9.17) is 9.47 Å². The maximum atomic E-state index is 13.0. The lowest BCUT2D eigenvalue weighted by Gasteiger charge is -2.13. The van der Waals surface area contributed by atoms with E-state index in [1.54, 1.807) is 25.2 Å². The zero-order valence-electron chi connectivity index (χ0n) is 15.2. The second-order valence-corrected chi connectivity index (χ2v) is 6.29. The van der Waals surface area contributed by atoms with Crippen LogP contribution in [0.1, 0.15) is 23.0 Å². The van der Waals surface area contributed by atoms with Gasteiger partial charge in [-0.2, -0.15) is 4.57 Å². The van der Waals surface area contributed by atoms with Crippen molar-refractivity contribution in [2.24, 2.45) is 14.1 Å². The van der Waals surface area contributed by atoms with Crippen LogP contribution in [-0.4, -0.2) is 21.7 Å². The van der Waals surface area contributed by atoms with E-state index in [1.807, 2.05) is 13.0 Å². The first kappa shape index (κ1) is 17.0. The molecule has 8 nitrogen and oxygen atoms in total. The van der Waals surface area contributed by atoms with Crippen molar-refractivity contribution in [3.8, 4) is 16.9 Å². The summed E-state index contributed by atoms with van der Waals surface area (Å²) < 4.78 is 13.3. The minimum absolute atomic E-state index is 0.0529. The molecule has 0 aliphatic carbocycles. The van der Waals surface area contributed by atoms with Gasteiger partial charge in [0.1, 0.15) is 16.7 Å². The molecule has 138 valence electrons. The molecule has 0 fully saturated rings. The molecule has 4 rings (SSSR count). The molecule has 1 aromatic carbocycles. The van der Waals surface area contributed by atoms with Crippen molar-refractivity contribution in [2.75, 3.05) is 6.61 Å². The Morgan fingerprint density at radius 2 is 1.85 bits per heavy atom. The maximum Gasteiger partial charge on any atom is 0.417 e. The Kier molecular flexibility index (Phi) is 3.83. The lowest BCUT2D eigenvalue weighted by atomic mass is 9.95. The summed E-state index contributed by atoms with van der Waals surface area (Å²) >= 11 is 0. The number of aromatic nitrogens is 3. The summed E-state index contributed by atoms with van der Waals surface area (Å²) in [6.45, 7) is 2.34. The lowest BCUT2D eigenvalue weighted by Crippen LogP contribution is -2.40. The minimum Gasteiger partial charge on any atom is -0.493 e. The number of benzene rings is 1. The molecule has 27 heavy (non-hydrogen) atoms. The van der Waals surface area contributed by atoms with E-state index in [0.717, 1.165) is 4.57 Å². The van der Waals surface area contributed by atoms with Crippen LogP contribution in [0.15, 0.2) is 33.9 Å². The number of nitrogens with zero attached hydrogens (tertiary/aromatic N) is 2. The third kappa shape index (κ3) is 2.37. The van der Waals surface area contributed by atoms with Crippen LogP contribution in [0.25, 0.3) is 22.2 Å². The number of esters is 1. The van der Waals surface area contributed by atoms with Crippen LogP contribution >= 0.6 is 0 Å². The van der Waals surface area contributed by atoms with Crippen LogP contribution in [0.4, 0.5) is 0 Å². The second kappa shape index (κ2) is 6.08. The molecular formula is C19H18N3O5+. The van der Waals surface area contributed by atoms with Crippen molar-refractivity contribution < 1.29 is 19.3 Å². The van der Waals surface area contributed by atoms with Crippen LogP contribution in [0, 0.1) is 0 Å². The van der Waals surface area contributed by atoms with Gasteiger partial charge in [-0.15, -0.1) is 0 Å². The van der Waals surface area contributed by atoms with Gasteiger partial charge in [0.2, 0.25) is 0 Å². The molecule has 0 unspecified atom stereocenters. The van der Waals surface area contributed by atoms with E-state index in [9.17, 15) is 14.4 Å². The maximum absolute atomic E-state index is 13.0. The molecule has 8 heteroatoms. The normalized spacial score (nSPS) is 12.9. The summed E-state index contributed by atoms with van der Waals surface area (Å²) in [4.78, 5) is 40.9. The number of ether oxygens (including phenoxy) is 2. The zero-order chi connectivity index (χ0) is 19.3. The number of aromatic amines is 1. The van der Waals surface area contributed by atoms with Gasteiger partial charge in [-0.1, -0.05) is 18.2 Å². The van der Waals surface area contributed by atoms with Gasteiger partial charge in [0.25, 0.3) is 11.2 Å². The summed E-state index contributed by atoms with van der Waals surface area (Å²) in [7, 11) is 2.98. The molecule has 0 saturated heterocycles. The van der Waals surface area contributed by atoms with Crippen molar-refractivity contribution in [1.29, 1.82) is 0 Å². The number of carbonyl (C=O) groups is 1. The van der Waals surface area contributed by atoms with Gasteiger partial charge in [-0.05, 0) is 13.0 Å². The number of cyclic esters (lactones) is 1. The Morgan fingerprint density at radius 3 is 2.59 bits per heavy atom. The quantitative estimate of drug-likeness (QED) is 0.637. The van der Waals surface area contributed by atoms with Gasteiger partial charge in [-0.3, -0.25) is 4.79 Å². The van der Waals surface area contributed by atoms with Crippen LogP contribution in [0.3, 0.4) is 0 Å². The lowest BCUT2D eigenvalue weighted by molar-refractivity contribution is -0.365. The van der Waals surface area contributed by atoms with E-state index in [1.165, 1.54) is 11.6 Å². The Labute approximate surface area is 153 Å². The Balaban J connectivity index is 2.27. The van der Waals surface area contributed by atoms with E-state index >= 15 is 0 Å². The van der Waals surface area contributed by atoms with E-state index in [0.29, 0.717) is 40.4 Å². The smallest absolute Gasteiger partial charge is 0.417 e. The monoisotopic (exact) mass is 368 g/mol. The van der Waals surface area contributed by atoms with Gasteiger partial charge < -0.3 is 9.47 Å². The summed E-state index contributed by atoms with van der Waals surface area (Å²) in [5.41, 5.74) is 1.22. The topological polar surface area (TPSA) is 93.7 Å². The zero-order valence-corrected chi connectivity index (χ0v) is 15.2. The van der Waals surface area contributed by atoms with Gasteiger partial charge in [0.05, 0.1) is 13.7 Å². The summed E-state index contributed by atoms with van der Waals surface area (Å²) in [5.74, 6) is 0.0330. The molecule has 1 aliphatic rings. The number of hydrogen-bond acceptors (Lipinski definition) is 5. The number of para-hydroxylation sites is 1. The summed E-state index contributed by atoms with van der Waals surface area (Å²) in [6.07, 6.45) is 0. The molecule has 2 aromatic heterocycles. The molecule has 1 aliphatic heterocycles. The highest BCUT2D eigenvalue weighted by Gasteiger charge is 2.35. The van der Waals surface area contributed by atoms with E-state index in [2.05, 4.69) is 4.98 Å². The highest BCUT2D eigenvalue weighted by molar-refractivity contribution is 6.07. The van der Waals surface area contributed by atoms with E-state index < -0.39 is 17.2 Å². The van der Waals surface area contributed by atoms with Crippen LogP contribution in [0.2, 0.25) is 0 Å². The minimum atomic E-state index is -0.514. The average Bonchev–Trinajstić information content (AvgIpc) is 3.05. The average molecular weight is 368 g/mol. The molecule has 0 saturated carbocycles. The first-order chi connectivity index (χ1) is 13.0. The predicted octanol–water partition coefficient (Wildman–Crippen LogP) is 0.787. The third-order valence-corrected chi connectivity index (χ3v) is 4.74. The molecule has 3 aromatic rings. The largest absolute Gasteiger partial charge is 0.493 e. The Morgan fingerprint density at radius 1 is 1.11 bits per heavy atom. The van der Waals surface area contributed by atoms with Crippen molar-refractivity contribution in [1.82, 2.24) is 9.13 Å². The molecule has 0 radical (unpaired) electrons. The molecule has 1 N–H and O–H groups in total. The second-order valence-electron chi connectivity index (χ2n) is 6.29. The number of hydrogen-bond donors (Lipinski definition) is 0. The SMILES string of the molecule is CCOc1ccccc1-c1c2c([nH+]c3c1c(=O)n(C)c(=O)n3C)COC2=O. The number of aryl methyl sites for hydroxylation is 1. The number of pyridine rings is 1. The van der Waals surface area contributed by atoms with Crippen LogP contribution in [-0.2, 0) is 25.4 Å². The standard InChI is InChI=1S/C19H17N3O5/c1-4-26-12-8-6-5-7-10(12)13-14-11(9-27-18(14)24)20-16-15(13)17(23)22(3)19(25)21(16)2/h5-8H,4,9H2,1-3H3/p+1. The van der Waals surface area contributed by atoms with Crippen molar-refractivity contribution in [2.45, 2.75) is 13.5 Å². The molecule has 0 bridgehead atoms. The molecule has 0 spiro atoms. The van der Waals surface area contributed by atoms with Gasteiger partial charge in [0, 0.05) is 18.2 Å². The van der Waals surface area contributed by atoms with Crippen LogP contribution < -0.4 is 21.0 Å². The highest BCUT2D eigenvalue weighted by Crippen LogP contribution is 2.38. The van der Waals surface area contributed by atoms with E-state index in [-0.39, 0.29) is 12.0 Å². The molecule has 3 heterocycles. The number of rotatable bonds is 3. The molecule has 0 atom stereocenters. The van der Waals surface area contributed by atoms with Gasteiger partial charge in [0.15, 0.2) is 12.3 Å². The van der Waals surface area contributed by atoms with Crippen molar-refractivity contribution >= 4 is 17.0 Å². The number of carbonyl (C=O) groups excluding carboxylic acids is 1. The fourth-order valence-electron chi connectivity index (χ4n) is 3.46. The number of fused-ring (bicyclic) bond motifs is 2. The Hall–Kier alpha value is -3.42. The highest BCUT2D eigenvalue weighted by atomic mass is 16.5. The summed E-state index contributed by atoms with van der Waals surface area (Å²) in [6, 6.07) is 7.19. The molecule has 0 amide bonds. The van der Waals surface area contributed by atoms with Crippen molar-refractivity contribution in [3.63, 3.8) is 0 Å². The fraction of sp³-hybridized carbons (Fsp3) is 0.263. The van der Waals surface area contributed by atoms with Crippen LogP contribution in [0.5, 0.6) is 5.75 Å². The first-order valence-electron chi connectivity index (χ1n) is 8.52. The first-order valence-corrected chi connectivity index (χ1v) is 8.52. The molecular weight excluding hydrogens is 350 g/mol. The van der Waals surface area contributed by atoms with Gasteiger partial charge >= 0.3 is 11.7 Å². The Bertz CT molecular complexity index is 1220. The summed E-state index contributed by atoms with van der Waals surface area (Å²) in [5, 5.41) is 0.240. The number of H-pyrrole nitrogens is 1. The fourth-order valence-corrected chi connectivity index (χ4v) is 3.46. The predicted molar refractivity (Wildman–Crippen MR) is 96.7 cm³/mol. The van der Waals surface area contributed by atoms with Crippen molar-refractivity contribution in [3.05, 3.63) is 56.4 Å². The number of nitrogens with one attached hydrogen (secondary N) is 1.